The van der Waals surface area contributed by atoms with Crippen LogP contribution in [0.3, 0.4) is 0 Å². The van der Waals surface area contributed by atoms with Gasteiger partial charge in [0.25, 0.3) is 0 Å². The summed E-state index contributed by atoms with van der Waals surface area (Å²) < 4.78 is 5.30. The average molecular weight is 372 g/mol. The monoisotopic (exact) mass is 372 g/mol. The lowest BCUT2D eigenvalue weighted by Gasteiger charge is -2.39. The summed E-state index contributed by atoms with van der Waals surface area (Å²) in [6, 6.07) is 6.39. The minimum absolute atomic E-state index is 0.182. The Balaban J connectivity index is 2.04. The van der Waals surface area contributed by atoms with E-state index < -0.39 is 0 Å². The lowest BCUT2D eigenvalue weighted by Crippen LogP contribution is -2.49. The summed E-state index contributed by atoms with van der Waals surface area (Å²) in [4.78, 5) is 14.2. The molecule has 1 aromatic carbocycles. The number of cyclic esters (lactones) is 1. The van der Waals surface area contributed by atoms with Crippen LogP contribution >= 0.6 is 22.6 Å². The highest BCUT2D eigenvalue weighted by Crippen LogP contribution is 2.42. The molecule has 2 heterocycles. The number of benzene rings is 1. The lowest BCUT2D eigenvalue weighted by atomic mass is 10.00. The van der Waals surface area contributed by atoms with Crippen molar-refractivity contribution >= 4 is 34.4 Å². The zero-order valence-electron chi connectivity index (χ0n) is 10.9. The molecule has 3 rings (SSSR count). The molecule has 4 nitrogen and oxygen atoms in total. The Kier molecular flexibility index (Phi) is 3.66. The first-order valence-corrected chi connectivity index (χ1v) is 7.87. The second-order valence-electron chi connectivity index (χ2n) is 5.06. The minimum Gasteiger partial charge on any atom is -0.430 e. The van der Waals surface area contributed by atoms with Gasteiger partial charge in [0.15, 0.2) is 4.11 Å². The van der Waals surface area contributed by atoms with Crippen molar-refractivity contribution in [2.45, 2.75) is 29.9 Å². The average Bonchev–Trinajstić information content (AvgIpc) is 2.41. The number of fused-ring (bicyclic) bond motifs is 1. The topological polar surface area (TPSA) is 41.6 Å². The molecule has 1 aromatic rings. The number of halogens is 1. The van der Waals surface area contributed by atoms with Gasteiger partial charge in [-0.3, -0.25) is 4.90 Å². The van der Waals surface area contributed by atoms with Crippen LogP contribution in [0.4, 0.5) is 10.5 Å². The van der Waals surface area contributed by atoms with E-state index in [2.05, 4.69) is 47.0 Å². The molecule has 1 unspecified atom stereocenters. The second-order valence-corrected chi connectivity index (χ2v) is 6.20. The number of carbonyl (C=O) groups excluding carboxylic acids is 1. The number of alkyl halides is 1. The number of rotatable bonds is 1. The van der Waals surface area contributed by atoms with E-state index in [1.807, 2.05) is 11.0 Å². The van der Waals surface area contributed by atoms with Gasteiger partial charge in [-0.25, -0.2) is 4.79 Å². The Morgan fingerprint density at radius 1 is 1.37 bits per heavy atom. The maximum atomic E-state index is 12.3. The molecule has 1 fully saturated rings. The van der Waals surface area contributed by atoms with Gasteiger partial charge in [0.05, 0.1) is 5.69 Å². The summed E-state index contributed by atoms with van der Waals surface area (Å²) in [5.41, 5.74) is 3.32. The second kappa shape index (κ2) is 5.28. The van der Waals surface area contributed by atoms with Crippen molar-refractivity contribution in [2.75, 3.05) is 18.0 Å². The number of amides is 1. The van der Waals surface area contributed by atoms with Crippen molar-refractivity contribution < 1.29 is 9.53 Å². The van der Waals surface area contributed by atoms with Crippen LogP contribution in [-0.4, -0.2) is 25.2 Å². The maximum Gasteiger partial charge on any atom is 0.415 e. The third-order valence-corrected chi connectivity index (χ3v) is 4.75. The molecule has 2 aliphatic heterocycles. The number of piperidine rings is 1. The van der Waals surface area contributed by atoms with Crippen LogP contribution in [0, 0.1) is 6.92 Å². The summed E-state index contributed by atoms with van der Waals surface area (Å²) in [5.74, 6) is 0. The Bertz CT molecular complexity index is 500. The van der Waals surface area contributed by atoms with Crippen molar-refractivity contribution in [3.8, 4) is 0 Å². The van der Waals surface area contributed by atoms with E-state index in [9.17, 15) is 4.79 Å². The molecular weight excluding hydrogens is 355 g/mol. The Morgan fingerprint density at radius 3 is 2.84 bits per heavy atom. The van der Waals surface area contributed by atoms with Crippen LogP contribution in [0.25, 0.3) is 0 Å². The van der Waals surface area contributed by atoms with E-state index in [1.165, 1.54) is 0 Å². The number of anilines is 1. The number of aryl methyl sites for hydroxylation is 1. The van der Waals surface area contributed by atoms with Crippen molar-refractivity contribution in [2.24, 2.45) is 0 Å². The van der Waals surface area contributed by atoms with Gasteiger partial charge in [-0.15, -0.1) is 0 Å². The normalized spacial score (nSPS) is 24.0. The molecular formula is C14H17IN2O2. The molecule has 0 bridgehead atoms. The van der Waals surface area contributed by atoms with Crippen molar-refractivity contribution in [1.29, 1.82) is 0 Å². The fraction of sp³-hybridized carbons (Fsp3) is 0.500. The van der Waals surface area contributed by atoms with Crippen LogP contribution in [0.2, 0.25) is 0 Å². The predicted octanol–water partition coefficient (Wildman–Crippen LogP) is 3.14. The summed E-state index contributed by atoms with van der Waals surface area (Å²) in [5, 5.41) is 3.34. The SMILES string of the molecule is Cc1cccc2c1N(C1CCNCC1)C(=O)OC2I. The van der Waals surface area contributed by atoms with E-state index in [0.29, 0.717) is 0 Å². The molecule has 19 heavy (non-hydrogen) atoms. The first kappa shape index (κ1) is 13.2. The van der Waals surface area contributed by atoms with Gasteiger partial charge in [-0.2, -0.15) is 0 Å². The largest absolute Gasteiger partial charge is 0.430 e. The van der Waals surface area contributed by atoms with E-state index in [-0.39, 0.29) is 16.2 Å². The molecule has 1 amide bonds. The van der Waals surface area contributed by atoms with Gasteiger partial charge in [0.1, 0.15) is 0 Å². The van der Waals surface area contributed by atoms with Crippen molar-refractivity contribution in [3.05, 3.63) is 29.3 Å². The highest BCUT2D eigenvalue weighted by molar-refractivity contribution is 14.1. The van der Waals surface area contributed by atoms with Gasteiger partial charge in [0.2, 0.25) is 0 Å². The number of nitrogens with one attached hydrogen (secondary N) is 1. The molecule has 0 spiro atoms. The third-order valence-electron chi connectivity index (χ3n) is 3.83. The van der Waals surface area contributed by atoms with Gasteiger partial charge in [0, 0.05) is 11.6 Å². The highest BCUT2D eigenvalue weighted by Gasteiger charge is 2.37. The molecule has 1 N–H and O–H groups in total. The number of para-hydroxylation sites is 1. The molecule has 0 aromatic heterocycles. The molecule has 1 saturated heterocycles. The summed E-state index contributed by atoms with van der Waals surface area (Å²) in [6.07, 6.45) is 1.76. The molecule has 0 radical (unpaired) electrons. The molecule has 2 aliphatic rings. The van der Waals surface area contributed by atoms with Gasteiger partial charge in [-0.1, -0.05) is 18.2 Å². The Hall–Kier alpha value is -0.820. The Morgan fingerprint density at radius 2 is 2.11 bits per heavy atom. The zero-order chi connectivity index (χ0) is 13.4. The summed E-state index contributed by atoms with van der Waals surface area (Å²) in [6.45, 7) is 3.99. The van der Waals surface area contributed by atoms with Gasteiger partial charge >= 0.3 is 6.09 Å². The van der Waals surface area contributed by atoms with Crippen LogP contribution in [0.15, 0.2) is 18.2 Å². The van der Waals surface area contributed by atoms with Crippen LogP contribution < -0.4 is 10.2 Å². The molecule has 0 aliphatic carbocycles. The number of nitrogens with zero attached hydrogens (tertiary/aromatic N) is 1. The first-order chi connectivity index (χ1) is 9.18. The van der Waals surface area contributed by atoms with Crippen LogP contribution in [-0.2, 0) is 4.74 Å². The maximum absolute atomic E-state index is 12.3. The fourth-order valence-corrected chi connectivity index (χ4v) is 3.61. The van der Waals surface area contributed by atoms with E-state index in [1.54, 1.807) is 0 Å². The first-order valence-electron chi connectivity index (χ1n) is 6.62. The smallest absolute Gasteiger partial charge is 0.415 e. The van der Waals surface area contributed by atoms with Crippen LogP contribution in [0.1, 0.15) is 28.1 Å². The quantitative estimate of drug-likeness (QED) is 0.609. The number of ether oxygens (including phenoxy) is 1. The molecule has 5 heteroatoms. The van der Waals surface area contributed by atoms with Crippen molar-refractivity contribution in [1.82, 2.24) is 5.32 Å². The van der Waals surface area contributed by atoms with E-state index >= 15 is 0 Å². The third kappa shape index (κ3) is 2.33. The molecule has 102 valence electrons. The highest BCUT2D eigenvalue weighted by atomic mass is 127. The molecule has 0 saturated carbocycles. The number of carbonyl (C=O) groups is 1. The number of hydrogen-bond acceptors (Lipinski definition) is 3. The fourth-order valence-electron chi connectivity index (χ4n) is 2.89. The number of hydrogen-bond donors (Lipinski definition) is 1. The zero-order valence-corrected chi connectivity index (χ0v) is 13.0. The van der Waals surface area contributed by atoms with Crippen molar-refractivity contribution in [3.63, 3.8) is 0 Å². The predicted molar refractivity (Wildman–Crippen MR) is 82.8 cm³/mol. The molecule has 1 atom stereocenters. The standard InChI is InChI=1S/C14H17IN2O2/c1-9-3-2-4-11-12(9)17(14(18)19-13(11)15)10-5-7-16-8-6-10/h2-4,10,13,16H,5-8H2,1H3. The van der Waals surface area contributed by atoms with Crippen LogP contribution in [0.5, 0.6) is 0 Å². The summed E-state index contributed by atoms with van der Waals surface area (Å²) >= 11 is 2.18. The van der Waals surface area contributed by atoms with Gasteiger partial charge < -0.3 is 10.1 Å². The summed E-state index contributed by atoms with van der Waals surface area (Å²) in [7, 11) is 0. The van der Waals surface area contributed by atoms with Gasteiger partial charge in [-0.05, 0) is 61.0 Å². The van der Waals surface area contributed by atoms with E-state index in [4.69, 9.17) is 4.74 Å². The lowest BCUT2D eigenvalue weighted by molar-refractivity contribution is 0.139. The minimum atomic E-state index is -0.201. The van der Waals surface area contributed by atoms with E-state index in [0.717, 1.165) is 42.7 Å². The Labute approximate surface area is 126 Å².